The monoisotopic (exact) mass is 648 g/mol. The van der Waals surface area contributed by atoms with Crippen molar-refractivity contribution in [1.29, 1.82) is 0 Å². The van der Waals surface area contributed by atoms with Gasteiger partial charge in [-0.25, -0.2) is 14.5 Å². The van der Waals surface area contributed by atoms with Gasteiger partial charge in [0.05, 0.1) is 45.9 Å². The largest absolute Gasteiger partial charge is 0.417 e. The van der Waals surface area contributed by atoms with Gasteiger partial charge in [-0.3, -0.25) is 9.59 Å². The number of benzene rings is 2. The molecule has 2 atom stereocenters. The van der Waals surface area contributed by atoms with Crippen molar-refractivity contribution in [3.05, 3.63) is 91.5 Å². The number of amides is 1. The van der Waals surface area contributed by atoms with E-state index in [1.54, 1.807) is 36.0 Å². The molecule has 2 unspecified atom stereocenters. The van der Waals surface area contributed by atoms with Gasteiger partial charge in [-0.1, -0.05) is 33.6 Å². The summed E-state index contributed by atoms with van der Waals surface area (Å²) in [6.07, 6.45) is -1.20. The summed E-state index contributed by atoms with van der Waals surface area (Å²) in [7, 11) is 1.82. The Balaban J connectivity index is 1.60. The van der Waals surface area contributed by atoms with Crippen molar-refractivity contribution < 1.29 is 18.0 Å². The first-order valence-electron chi connectivity index (χ1n) is 12.6. The third-order valence-electron chi connectivity index (χ3n) is 7.11. The van der Waals surface area contributed by atoms with Crippen LogP contribution in [0.1, 0.15) is 41.0 Å². The van der Waals surface area contributed by atoms with E-state index in [9.17, 15) is 22.8 Å². The lowest BCUT2D eigenvalue weighted by Crippen LogP contribution is -2.46. The number of halogens is 5. The predicted octanol–water partition coefficient (Wildman–Crippen LogP) is 6.13. The SMILES string of the molecule is C=CC(C)Nc1nc2c(c(=O)n1-c1cc(Cl)c3c(c1)ncn3C)CC(C)N(C(=O)c1ccc(Br)c(C(F)(F)F)c1)C2. The average Bonchev–Trinajstić information content (AvgIpc) is 3.29. The number of aryl methyl sites for hydroxylation is 1. The summed E-state index contributed by atoms with van der Waals surface area (Å²) < 4.78 is 43.5. The molecular formula is C28H25BrClF3N6O2. The van der Waals surface area contributed by atoms with Crippen LogP contribution in [0.2, 0.25) is 5.02 Å². The van der Waals surface area contributed by atoms with Gasteiger partial charge in [-0.2, -0.15) is 13.2 Å². The molecule has 214 valence electrons. The Morgan fingerprint density at radius 3 is 2.71 bits per heavy atom. The van der Waals surface area contributed by atoms with Crippen LogP contribution in [0.15, 0.2) is 58.6 Å². The number of rotatable bonds is 5. The molecule has 0 bridgehead atoms. The van der Waals surface area contributed by atoms with Gasteiger partial charge in [0.2, 0.25) is 5.95 Å². The standard InChI is InChI=1S/C28H25BrClF3N6O2/c1-5-14(2)35-27-36-23-12-38(25(40)16-6-7-20(29)19(9-16)28(31,32)33)15(3)8-18(23)26(41)39(27)17-10-21(30)24-22(11-17)34-13-37(24)4/h5-7,9-11,13-15H,1,8,12H2,2-4H3,(H,35,36). The van der Waals surface area contributed by atoms with E-state index in [4.69, 9.17) is 16.6 Å². The Morgan fingerprint density at radius 1 is 1.29 bits per heavy atom. The van der Waals surface area contributed by atoms with Crippen molar-refractivity contribution in [2.24, 2.45) is 7.05 Å². The summed E-state index contributed by atoms with van der Waals surface area (Å²) in [4.78, 5) is 38.0. The van der Waals surface area contributed by atoms with Crippen molar-refractivity contribution in [3.63, 3.8) is 0 Å². The molecule has 0 radical (unpaired) electrons. The van der Waals surface area contributed by atoms with E-state index < -0.39 is 23.7 Å². The molecule has 2 aromatic heterocycles. The van der Waals surface area contributed by atoms with Crippen molar-refractivity contribution in [2.45, 2.75) is 45.1 Å². The number of aromatic nitrogens is 4. The van der Waals surface area contributed by atoms with Gasteiger partial charge in [0.15, 0.2) is 0 Å². The molecule has 13 heteroatoms. The molecule has 1 amide bonds. The molecule has 8 nitrogen and oxygen atoms in total. The molecule has 0 aliphatic carbocycles. The molecule has 3 heterocycles. The van der Waals surface area contributed by atoms with Crippen LogP contribution in [-0.2, 0) is 26.2 Å². The highest BCUT2D eigenvalue weighted by Crippen LogP contribution is 2.36. The van der Waals surface area contributed by atoms with Crippen molar-refractivity contribution in [1.82, 2.24) is 24.0 Å². The third-order valence-corrected chi connectivity index (χ3v) is 8.09. The molecule has 0 saturated heterocycles. The zero-order chi connectivity index (χ0) is 29.8. The number of anilines is 1. The van der Waals surface area contributed by atoms with Gasteiger partial charge >= 0.3 is 6.18 Å². The Bertz CT molecular complexity index is 1770. The Kier molecular flexibility index (Phi) is 7.49. The van der Waals surface area contributed by atoms with E-state index in [-0.39, 0.29) is 40.6 Å². The van der Waals surface area contributed by atoms with Crippen molar-refractivity contribution in [3.8, 4) is 5.69 Å². The summed E-state index contributed by atoms with van der Waals surface area (Å²) >= 11 is 9.48. The number of nitrogens with zero attached hydrogens (tertiary/aromatic N) is 5. The first kappa shape index (κ1) is 28.9. The highest BCUT2D eigenvalue weighted by Gasteiger charge is 2.36. The lowest BCUT2D eigenvalue weighted by atomic mass is 9.98. The topological polar surface area (TPSA) is 85.1 Å². The van der Waals surface area contributed by atoms with Crippen LogP contribution in [0.3, 0.4) is 0 Å². The van der Waals surface area contributed by atoms with E-state index in [1.807, 2.05) is 14.0 Å². The number of nitrogens with one attached hydrogen (secondary N) is 1. The second kappa shape index (κ2) is 10.6. The second-order valence-corrected chi connectivity index (χ2v) is 11.3. The maximum Gasteiger partial charge on any atom is 0.417 e. The molecule has 0 fully saturated rings. The molecular weight excluding hydrogens is 625 g/mol. The van der Waals surface area contributed by atoms with Gasteiger partial charge in [-0.05, 0) is 50.6 Å². The van der Waals surface area contributed by atoms with Crippen LogP contribution in [-0.4, -0.2) is 42.0 Å². The van der Waals surface area contributed by atoms with Crippen LogP contribution in [0.4, 0.5) is 19.1 Å². The van der Waals surface area contributed by atoms with E-state index in [0.29, 0.717) is 33.0 Å². The zero-order valence-electron chi connectivity index (χ0n) is 22.3. The number of alkyl halides is 3. The summed E-state index contributed by atoms with van der Waals surface area (Å²) in [5.74, 6) is -0.383. The first-order valence-corrected chi connectivity index (χ1v) is 13.8. The van der Waals surface area contributed by atoms with E-state index in [0.717, 1.165) is 6.07 Å². The van der Waals surface area contributed by atoms with E-state index in [1.165, 1.54) is 21.6 Å². The maximum atomic E-state index is 14.0. The Hall–Kier alpha value is -3.64. The minimum absolute atomic E-state index is 0.0555. The van der Waals surface area contributed by atoms with E-state index >= 15 is 0 Å². The molecule has 1 aliphatic heterocycles. The van der Waals surface area contributed by atoms with Crippen LogP contribution in [0.5, 0.6) is 0 Å². The first-order chi connectivity index (χ1) is 19.3. The Morgan fingerprint density at radius 2 is 2.02 bits per heavy atom. The summed E-state index contributed by atoms with van der Waals surface area (Å²) in [5, 5.41) is 3.58. The third kappa shape index (κ3) is 5.26. The highest BCUT2D eigenvalue weighted by atomic mass is 79.9. The lowest BCUT2D eigenvalue weighted by molar-refractivity contribution is -0.138. The number of hydrogen-bond donors (Lipinski definition) is 1. The van der Waals surface area contributed by atoms with Gasteiger partial charge in [0.25, 0.3) is 11.5 Å². The molecule has 5 rings (SSSR count). The fourth-order valence-electron chi connectivity index (χ4n) is 4.92. The van der Waals surface area contributed by atoms with Gasteiger partial charge in [0.1, 0.15) is 0 Å². The molecule has 2 aromatic carbocycles. The predicted molar refractivity (Wildman–Crippen MR) is 155 cm³/mol. The molecule has 1 aliphatic rings. The summed E-state index contributed by atoms with van der Waals surface area (Å²) in [5.41, 5.74) is 1.14. The van der Waals surface area contributed by atoms with Crippen LogP contribution in [0, 0.1) is 0 Å². The number of imidazole rings is 1. The Labute approximate surface area is 246 Å². The minimum atomic E-state index is -4.63. The highest BCUT2D eigenvalue weighted by molar-refractivity contribution is 9.10. The number of fused-ring (bicyclic) bond motifs is 2. The van der Waals surface area contributed by atoms with Gasteiger partial charge in [-0.15, -0.1) is 6.58 Å². The van der Waals surface area contributed by atoms with Crippen LogP contribution >= 0.6 is 27.5 Å². The lowest BCUT2D eigenvalue weighted by Gasteiger charge is -2.35. The van der Waals surface area contributed by atoms with E-state index in [2.05, 4.69) is 32.8 Å². The van der Waals surface area contributed by atoms with Crippen molar-refractivity contribution in [2.75, 3.05) is 5.32 Å². The fraction of sp³-hybridized carbons (Fsp3) is 0.286. The minimum Gasteiger partial charge on any atom is -0.349 e. The van der Waals surface area contributed by atoms with Crippen LogP contribution < -0.4 is 10.9 Å². The maximum absolute atomic E-state index is 14.0. The molecule has 4 aromatic rings. The molecule has 41 heavy (non-hydrogen) atoms. The molecule has 0 spiro atoms. The van der Waals surface area contributed by atoms with Crippen molar-refractivity contribution >= 4 is 50.4 Å². The second-order valence-electron chi connectivity index (χ2n) is 10.00. The number of carbonyl (C=O) groups is 1. The number of hydrogen-bond acceptors (Lipinski definition) is 5. The molecule has 0 saturated carbocycles. The smallest absolute Gasteiger partial charge is 0.349 e. The fourth-order valence-corrected chi connectivity index (χ4v) is 5.74. The quantitative estimate of drug-likeness (QED) is 0.263. The average molecular weight is 650 g/mol. The number of carbonyl (C=O) groups excluding carboxylic acids is 1. The zero-order valence-corrected chi connectivity index (χ0v) is 24.6. The van der Waals surface area contributed by atoms with Crippen LogP contribution in [0.25, 0.3) is 16.7 Å². The summed E-state index contributed by atoms with van der Waals surface area (Å²) in [6, 6.07) is 6.03. The van der Waals surface area contributed by atoms with Gasteiger partial charge in [0, 0.05) is 34.7 Å². The van der Waals surface area contributed by atoms with Gasteiger partial charge < -0.3 is 14.8 Å². The normalized spacial score (nSPS) is 16.0. The summed E-state index contributed by atoms with van der Waals surface area (Å²) in [6.45, 7) is 7.31. The molecule has 1 N–H and O–H groups in total.